The maximum absolute atomic E-state index is 10.9. The van der Waals surface area contributed by atoms with Crippen LogP contribution in [0.3, 0.4) is 0 Å². The summed E-state index contributed by atoms with van der Waals surface area (Å²) in [5.74, 6) is 2.91. The quantitative estimate of drug-likeness (QED) is 0.256. The van der Waals surface area contributed by atoms with Gasteiger partial charge in [0.2, 0.25) is 0 Å². The number of guanidine groups is 1. The number of halogens is 1. The lowest BCUT2D eigenvalue weighted by Gasteiger charge is -2.32. The van der Waals surface area contributed by atoms with Crippen molar-refractivity contribution >= 4 is 41.3 Å². The molecule has 1 fully saturated rings. The van der Waals surface area contributed by atoms with Crippen molar-refractivity contribution in [2.24, 2.45) is 10.9 Å². The number of hydrogen-bond acceptors (Lipinski definition) is 5. The van der Waals surface area contributed by atoms with Gasteiger partial charge >= 0.3 is 0 Å². The van der Waals surface area contributed by atoms with E-state index in [1.807, 2.05) is 31.3 Å². The molecule has 0 aromatic carbocycles. The first-order valence-corrected chi connectivity index (χ1v) is 11.8. The van der Waals surface area contributed by atoms with Gasteiger partial charge in [0.05, 0.1) is 6.54 Å². The van der Waals surface area contributed by atoms with E-state index in [2.05, 4.69) is 45.0 Å². The molecule has 174 valence electrons. The molecule has 0 saturated carbocycles. The Hall–Kier alpha value is -1.10. The van der Waals surface area contributed by atoms with Gasteiger partial charge in [-0.2, -0.15) is 0 Å². The van der Waals surface area contributed by atoms with Crippen LogP contribution < -0.4 is 10.6 Å². The molecule has 3 rings (SSSR count). The summed E-state index contributed by atoms with van der Waals surface area (Å²) in [6, 6.07) is 6.25. The zero-order valence-electron chi connectivity index (χ0n) is 19.1. The average molecular weight is 561 g/mol. The molecule has 6 nitrogen and oxygen atoms in total. The van der Waals surface area contributed by atoms with Gasteiger partial charge in [0.25, 0.3) is 0 Å². The Morgan fingerprint density at radius 1 is 1.39 bits per heavy atom. The normalized spacial score (nSPS) is 19.5. The summed E-state index contributed by atoms with van der Waals surface area (Å²) < 4.78 is 5.59. The van der Waals surface area contributed by atoms with Crippen LogP contribution >= 0.6 is 35.3 Å². The molecule has 1 saturated heterocycles. The monoisotopic (exact) mass is 560 g/mol. The van der Waals surface area contributed by atoms with Crippen molar-refractivity contribution in [3.63, 3.8) is 0 Å². The van der Waals surface area contributed by atoms with E-state index in [-0.39, 0.29) is 30.5 Å². The van der Waals surface area contributed by atoms with Crippen LogP contribution in [0.5, 0.6) is 0 Å². The number of aliphatic imine (C=N–C) groups is 1. The van der Waals surface area contributed by atoms with Gasteiger partial charge in [0, 0.05) is 36.6 Å². The van der Waals surface area contributed by atoms with E-state index < -0.39 is 5.60 Å². The van der Waals surface area contributed by atoms with Gasteiger partial charge in [-0.15, -0.1) is 35.3 Å². The van der Waals surface area contributed by atoms with E-state index in [4.69, 9.17) is 4.42 Å². The molecule has 8 heteroatoms. The molecule has 0 aliphatic carbocycles. The number of piperidine rings is 1. The topological polar surface area (TPSA) is 73.0 Å². The largest absolute Gasteiger partial charge is 0.466 e. The van der Waals surface area contributed by atoms with Crippen LogP contribution in [-0.2, 0) is 12.1 Å². The Labute approximate surface area is 207 Å². The Bertz CT molecular complexity index is 820. The van der Waals surface area contributed by atoms with E-state index in [9.17, 15) is 5.11 Å². The third-order valence-electron chi connectivity index (χ3n) is 5.63. The summed E-state index contributed by atoms with van der Waals surface area (Å²) in [7, 11) is 0. The van der Waals surface area contributed by atoms with Gasteiger partial charge in [-0.25, -0.2) is 4.99 Å². The summed E-state index contributed by atoms with van der Waals surface area (Å²) >= 11 is 1.84. The first-order valence-electron chi connectivity index (χ1n) is 10.9. The predicted molar refractivity (Wildman–Crippen MR) is 139 cm³/mol. The maximum atomic E-state index is 10.9. The SMILES string of the molecule is CCNC(=NCC(C)(O)c1cc(C)oc1C)NCC1CCCN(Cc2cccs2)C1.I. The Morgan fingerprint density at radius 3 is 2.84 bits per heavy atom. The second kappa shape index (κ2) is 12.2. The molecule has 0 amide bonds. The van der Waals surface area contributed by atoms with Gasteiger partial charge in [-0.1, -0.05) is 6.07 Å². The highest BCUT2D eigenvalue weighted by molar-refractivity contribution is 14.0. The molecule has 2 atom stereocenters. The van der Waals surface area contributed by atoms with Crippen molar-refractivity contribution in [3.05, 3.63) is 45.5 Å². The molecule has 0 radical (unpaired) electrons. The van der Waals surface area contributed by atoms with Crippen molar-refractivity contribution in [2.45, 2.75) is 52.7 Å². The van der Waals surface area contributed by atoms with Crippen LogP contribution in [-0.4, -0.2) is 48.7 Å². The molecule has 1 aliphatic heterocycles. The molecule has 3 N–H and O–H groups in total. The molecule has 2 aromatic rings. The zero-order valence-corrected chi connectivity index (χ0v) is 22.3. The summed E-state index contributed by atoms with van der Waals surface area (Å²) in [6.07, 6.45) is 2.47. The van der Waals surface area contributed by atoms with Gasteiger partial charge in [-0.05, 0) is 70.5 Å². The highest BCUT2D eigenvalue weighted by Crippen LogP contribution is 2.27. The summed E-state index contributed by atoms with van der Waals surface area (Å²) in [6.45, 7) is 12.9. The van der Waals surface area contributed by atoms with Crippen LogP contribution in [0.15, 0.2) is 33.0 Å². The predicted octanol–water partition coefficient (Wildman–Crippen LogP) is 4.25. The van der Waals surface area contributed by atoms with E-state index in [0.717, 1.165) is 49.2 Å². The molecular weight excluding hydrogens is 523 g/mol. The first kappa shape index (κ1) is 26.2. The van der Waals surface area contributed by atoms with E-state index in [0.29, 0.717) is 5.92 Å². The smallest absolute Gasteiger partial charge is 0.191 e. The molecule has 2 unspecified atom stereocenters. The lowest BCUT2D eigenvalue weighted by Crippen LogP contribution is -2.44. The van der Waals surface area contributed by atoms with Crippen LogP contribution in [0.4, 0.5) is 0 Å². The van der Waals surface area contributed by atoms with Crippen molar-refractivity contribution in [3.8, 4) is 0 Å². The molecule has 1 aliphatic rings. The number of nitrogens with zero attached hydrogens (tertiary/aromatic N) is 2. The molecule has 2 aromatic heterocycles. The lowest BCUT2D eigenvalue weighted by atomic mass is 9.96. The average Bonchev–Trinajstić information content (AvgIpc) is 3.33. The minimum Gasteiger partial charge on any atom is -0.466 e. The molecule has 0 spiro atoms. The third kappa shape index (κ3) is 7.76. The Balaban J connectivity index is 0.00000341. The fourth-order valence-electron chi connectivity index (χ4n) is 4.15. The van der Waals surface area contributed by atoms with Crippen LogP contribution in [0.1, 0.15) is 48.7 Å². The molecule has 0 bridgehead atoms. The molecule has 3 heterocycles. The van der Waals surface area contributed by atoms with Gasteiger partial charge in [-0.3, -0.25) is 4.90 Å². The second-order valence-electron chi connectivity index (χ2n) is 8.50. The molecule has 31 heavy (non-hydrogen) atoms. The fraction of sp³-hybridized carbons (Fsp3) is 0.609. The second-order valence-corrected chi connectivity index (χ2v) is 9.53. The van der Waals surface area contributed by atoms with Crippen LogP contribution in [0.2, 0.25) is 0 Å². The number of likely N-dealkylation sites (tertiary alicyclic amines) is 1. The first-order chi connectivity index (χ1) is 14.4. The van der Waals surface area contributed by atoms with Crippen molar-refractivity contribution in [1.82, 2.24) is 15.5 Å². The highest BCUT2D eigenvalue weighted by Gasteiger charge is 2.28. The highest BCUT2D eigenvalue weighted by atomic mass is 127. The van der Waals surface area contributed by atoms with Crippen molar-refractivity contribution < 1.29 is 9.52 Å². The summed E-state index contributed by atoms with van der Waals surface area (Å²) in [5.41, 5.74) is -0.261. The van der Waals surface area contributed by atoms with Gasteiger partial charge in [0.1, 0.15) is 17.1 Å². The number of aliphatic hydroxyl groups is 1. The van der Waals surface area contributed by atoms with E-state index >= 15 is 0 Å². The third-order valence-corrected chi connectivity index (χ3v) is 6.49. The number of rotatable bonds is 8. The standard InChI is InChI=1S/C23H36N4O2S.HI/c1-5-24-22(26-16-23(4,28)21-12-17(2)29-18(21)3)25-13-19-8-6-10-27(14-19)15-20-9-7-11-30-20;/h7,9,11-12,19,28H,5-6,8,10,13-16H2,1-4H3,(H2,24,25,26);1H. The fourth-order valence-corrected chi connectivity index (χ4v) is 4.90. The summed E-state index contributed by atoms with van der Waals surface area (Å²) in [4.78, 5) is 8.66. The van der Waals surface area contributed by atoms with E-state index in [1.165, 1.54) is 24.3 Å². The van der Waals surface area contributed by atoms with Crippen molar-refractivity contribution in [1.29, 1.82) is 0 Å². The number of furan rings is 1. The minimum atomic E-state index is -1.06. The number of thiophene rings is 1. The maximum Gasteiger partial charge on any atom is 0.191 e. The minimum absolute atomic E-state index is 0. The van der Waals surface area contributed by atoms with Crippen molar-refractivity contribution in [2.75, 3.05) is 32.7 Å². The molecular formula is C23H37IN4O2S. The number of hydrogen-bond donors (Lipinski definition) is 3. The van der Waals surface area contributed by atoms with E-state index in [1.54, 1.807) is 6.92 Å². The number of aryl methyl sites for hydroxylation is 2. The zero-order chi connectivity index (χ0) is 21.6. The Morgan fingerprint density at radius 2 is 2.19 bits per heavy atom. The van der Waals surface area contributed by atoms with Gasteiger partial charge in [0.15, 0.2) is 5.96 Å². The van der Waals surface area contributed by atoms with Gasteiger partial charge < -0.3 is 20.2 Å². The van der Waals surface area contributed by atoms with Crippen LogP contribution in [0.25, 0.3) is 0 Å². The lowest BCUT2D eigenvalue weighted by molar-refractivity contribution is 0.0656. The van der Waals surface area contributed by atoms with Crippen LogP contribution in [0, 0.1) is 19.8 Å². The number of nitrogens with one attached hydrogen (secondary N) is 2. The Kier molecular flexibility index (Phi) is 10.3. The summed E-state index contributed by atoms with van der Waals surface area (Å²) in [5, 5.41) is 19.9.